The molecule has 0 saturated carbocycles. The Morgan fingerprint density at radius 1 is 1.20 bits per heavy atom. The summed E-state index contributed by atoms with van der Waals surface area (Å²) in [6, 6.07) is 9.29. The van der Waals surface area contributed by atoms with E-state index < -0.39 is 0 Å². The van der Waals surface area contributed by atoms with E-state index in [-0.39, 0.29) is 11.6 Å². The van der Waals surface area contributed by atoms with Gasteiger partial charge in [0.15, 0.2) is 0 Å². The number of hydrogen-bond acceptors (Lipinski definition) is 3. The number of H-pyrrole nitrogens is 2. The fourth-order valence-corrected chi connectivity index (χ4v) is 2.73. The number of aromatic nitrogens is 2. The first-order chi connectivity index (χ1) is 9.70. The van der Waals surface area contributed by atoms with E-state index in [0.29, 0.717) is 17.6 Å². The number of carbonyl (C=O) groups is 1. The summed E-state index contributed by atoms with van der Waals surface area (Å²) in [5.41, 5.74) is 1.85. The van der Waals surface area contributed by atoms with Crippen molar-refractivity contribution in [1.29, 1.82) is 0 Å². The van der Waals surface area contributed by atoms with E-state index in [1.165, 1.54) is 4.88 Å². The third kappa shape index (κ3) is 2.80. The minimum Gasteiger partial charge on any atom is -0.326 e. The molecule has 0 aliphatic rings. The monoisotopic (exact) mass is 287 g/mol. The van der Waals surface area contributed by atoms with Crippen molar-refractivity contribution in [2.24, 2.45) is 0 Å². The first kappa shape index (κ1) is 12.7. The van der Waals surface area contributed by atoms with E-state index in [2.05, 4.69) is 15.3 Å². The van der Waals surface area contributed by atoms with Crippen LogP contribution in [0.3, 0.4) is 0 Å². The molecule has 1 amide bonds. The topological polar surface area (TPSA) is 77.8 Å². The Labute approximate surface area is 118 Å². The summed E-state index contributed by atoms with van der Waals surface area (Å²) in [5.74, 6) is -0.0318. The molecule has 6 heteroatoms. The van der Waals surface area contributed by atoms with Gasteiger partial charge in [-0.3, -0.25) is 4.79 Å². The van der Waals surface area contributed by atoms with Gasteiger partial charge in [0.05, 0.1) is 11.0 Å². The number of aryl methyl sites for hydroxylation is 1. The van der Waals surface area contributed by atoms with E-state index >= 15 is 0 Å². The fourth-order valence-electron chi connectivity index (χ4n) is 2.03. The van der Waals surface area contributed by atoms with Crippen molar-refractivity contribution in [3.8, 4) is 0 Å². The number of thiophene rings is 1. The van der Waals surface area contributed by atoms with Gasteiger partial charge in [0.1, 0.15) is 0 Å². The van der Waals surface area contributed by atoms with Gasteiger partial charge in [-0.15, -0.1) is 11.3 Å². The average molecular weight is 287 g/mol. The van der Waals surface area contributed by atoms with Crippen LogP contribution in [0.5, 0.6) is 0 Å². The number of hydrogen-bond donors (Lipinski definition) is 3. The Bertz CT molecular complexity index is 786. The Hall–Kier alpha value is -2.34. The standard InChI is InChI=1S/C14H13N3O2S/c18-13(6-4-10-2-1-7-20-10)15-9-3-5-11-12(8-9)17-14(19)16-11/h1-3,5,7-8H,4,6H2,(H,15,18)(H2,16,17,19). The molecule has 0 spiro atoms. The number of carbonyl (C=O) groups excluding carboxylic acids is 1. The molecule has 2 heterocycles. The Kier molecular flexibility index (Phi) is 3.39. The quantitative estimate of drug-likeness (QED) is 0.689. The number of amides is 1. The van der Waals surface area contributed by atoms with Crippen LogP contribution in [0.1, 0.15) is 11.3 Å². The summed E-state index contributed by atoms with van der Waals surface area (Å²) < 4.78 is 0. The Morgan fingerprint density at radius 2 is 2.05 bits per heavy atom. The first-order valence-corrected chi connectivity index (χ1v) is 7.13. The fraction of sp³-hybridized carbons (Fsp3) is 0.143. The van der Waals surface area contributed by atoms with Gasteiger partial charge >= 0.3 is 5.69 Å². The first-order valence-electron chi connectivity index (χ1n) is 6.25. The van der Waals surface area contributed by atoms with Gasteiger partial charge < -0.3 is 15.3 Å². The molecule has 1 aromatic carbocycles. The second kappa shape index (κ2) is 5.34. The van der Waals surface area contributed by atoms with Gasteiger partial charge in [0.25, 0.3) is 0 Å². The molecule has 102 valence electrons. The van der Waals surface area contributed by atoms with Crippen LogP contribution in [0.25, 0.3) is 11.0 Å². The minimum atomic E-state index is -0.249. The van der Waals surface area contributed by atoms with Crippen LogP contribution in [0.15, 0.2) is 40.5 Å². The lowest BCUT2D eigenvalue weighted by molar-refractivity contribution is -0.116. The van der Waals surface area contributed by atoms with Crippen LogP contribution >= 0.6 is 11.3 Å². The van der Waals surface area contributed by atoms with Crippen LogP contribution < -0.4 is 11.0 Å². The number of rotatable bonds is 4. The second-order valence-corrected chi connectivity index (χ2v) is 5.50. The lowest BCUT2D eigenvalue weighted by Gasteiger charge is -2.04. The van der Waals surface area contributed by atoms with Gasteiger partial charge in [-0.05, 0) is 36.1 Å². The van der Waals surface area contributed by atoms with E-state index in [1.807, 2.05) is 17.5 Å². The smallest absolute Gasteiger partial charge is 0.323 e. The molecule has 0 atom stereocenters. The van der Waals surface area contributed by atoms with Gasteiger partial charge in [-0.25, -0.2) is 4.79 Å². The van der Waals surface area contributed by atoms with Gasteiger partial charge in [0, 0.05) is 17.0 Å². The molecular weight excluding hydrogens is 274 g/mol. The molecule has 2 aromatic heterocycles. The number of fused-ring (bicyclic) bond motifs is 1. The number of aromatic amines is 2. The third-order valence-electron chi connectivity index (χ3n) is 2.98. The zero-order valence-corrected chi connectivity index (χ0v) is 11.4. The van der Waals surface area contributed by atoms with E-state index in [1.54, 1.807) is 29.5 Å². The Balaban J connectivity index is 1.66. The second-order valence-electron chi connectivity index (χ2n) is 4.47. The zero-order valence-electron chi connectivity index (χ0n) is 10.6. The molecule has 20 heavy (non-hydrogen) atoms. The summed E-state index contributed by atoms with van der Waals surface area (Å²) in [4.78, 5) is 29.5. The molecule has 5 nitrogen and oxygen atoms in total. The van der Waals surface area contributed by atoms with Crippen LogP contribution in [-0.2, 0) is 11.2 Å². The summed E-state index contributed by atoms with van der Waals surface area (Å²) in [5, 5.41) is 4.84. The maximum atomic E-state index is 11.9. The highest BCUT2D eigenvalue weighted by Crippen LogP contribution is 2.16. The van der Waals surface area contributed by atoms with E-state index in [0.717, 1.165) is 11.9 Å². The average Bonchev–Trinajstić information content (AvgIpc) is 3.04. The molecule has 3 rings (SSSR count). The van der Waals surface area contributed by atoms with Crippen LogP contribution in [0.4, 0.5) is 5.69 Å². The predicted molar refractivity (Wildman–Crippen MR) is 80.2 cm³/mol. The Morgan fingerprint density at radius 3 is 2.85 bits per heavy atom. The SMILES string of the molecule is O=C(CCc1cccs1)Nc1ccc2[nH]c(=O)[nH]c2c1. The van der Waals surface area contributed by atoms with Crippen LogP contribution in [0, 0.1) is 0 Å². The molecule has 3 aromatic rings. The van der Waals surface area contributed by atoms with Crippen molar-refractivity contribution in [2.45, 2.75) is 12.8 Å². The number of nitrogens with one attached hydrogen (secondary N) is 3. The van der Waals surface area contributed by atoms with Crippen molar-refractivity contribution in [3.63, 3.8) is 0 Å². The van der Waals surface area contributed by atoms with Gasteiger partial charge in [-0.1, -0.05) is 6.07 Å². The molecule has 0 bridgehead atoms. The third-order valence-corrected chi connectivity index (χ3v) is 3.91. The summed E-state index contributed by atoms with van der Waals surface area (Å²) >= 11 is 1.65. The predicted octanol–water partition coefficient (Wildman–Crippen LogP) is 2.49. The minimum absolute atomic E-state index is 0.0318. The van der Waals surface area contributed by atoms with Crippen molar-refractivity contribution < 1.29 is 4.79 Å². The molecule has 0 radical (unpaired) electrons. The number of imidazole rings is 1. The van der Waals surface area contributed by atoms with Crippen LogP contribution in [0.2, 0.25) is 0 Å². The molecule has 0 aliphatic carbocycles. The maximum absolute atomic E-state index is 11.9. The molecule has 0 aliphatic heterocycles. The summed E-state index contributed by atoms with van der Waals surface area (Å²) in [6.07, 6.45) is 1.19. The summed E-state index contributed by atoms with van der Waals surface area (Å²) in [7, 11) is 0. The molecule has 0 fully saturated rings. The summed E-state index contributed by atoms with van der Waals surface area (Å²) in [6.45, 7) is 0. The molecular formula is C14H13N3O2S. The van der Waals surface area contributed by atoms with E-state index in [9.17, 15) is 9.59 Å². The van der Waals surface area contributed by atoms with Crippen molar-refractivity contribution in [3.05, 3.63) is 51.1 Å². The number of anilines is 1. The van der Waals surface area contributed by atoms with Gasteiger partial charge in [-0.2, -0.15) is 0 Å². The molecule has 0 unspecified atom stereocenters. The van der Waals surface area contributed by atoms with Crippen LogP contribution in [-0.4, -0.2) is 15.9 Å². The number of benzene rings is 1. The highest BCUT2D eigenvalue weighted by atomic mass is 32.1. The zero-order chi connectivity index (χ0) is 13.9. The lowest BCUT2D eigenvalue weighted by Crippen LogP contribution is -2.11. The highest BCUT2D eigenvalue weighted by Gasteiger charge is 2.05. The highest BCUT2D eigenvalue weighted by molar-refractivity contribution is 7.09. The lowest BCUT2D eigenvalue weighted by atomic mass is 10.2. The van der Waals surface area contributed by atoms with Gasteiger partial charge in [0.2, 0.25) is 5.91 Å². The van der Waals surface area contributed by atoms with Crippen molar-refractivity contribution in [2.75, 3.05) is 5.32 Å². The van der Waals surface area contributed by atoms with E-state index in [4.69, 9.17) is 0 Å². The maximum Gasteiger partial charge on any atom is 0.323 e. The van der Waals surface area contributed by atoms with Crippen molar-refractivity contribution in [1.82, 2.24) is 9.97 Å². The normalized spacial score (nSPS) is 10.8. The molecule has 0 saturated heterocycles. The largest absolute Gasteiger partial charge is 0.326 e. The van der Waals surface area contributed by atoms with Crippen molar-refractivity contribution >= 4 is 34.0 Å². The molecule has 3 N–H and O–H groups in total.